The highest BCUT2D eigenvalue weighted by Crippen LogP contribution is 2.28. The van der Waals surface area contributed by atoms with Gasteiger partial charge in [0.05, 0.1) is 30.9 Å². The maximum Gasteiger partial charge on any atom is 0.325 e. The summed E-state index contributed by atoms with van der Waals surface area (Å²) in [6.07, 6.45) is 5.85. The van der Waals surface area contributed by atoms with E-state index in [1.807, 2.05) is 12.1 Å². The van der Waals surface area contributed by atoms with E-state index in [1.54, 1.807) is 20.2 Å². The topological polar surface area (TPSA) is 107 Å². The Hall–Kier alpha value is -3.01. The monoisotopic (exact) mass is 494 g/mol. The van der Waals surface area contributed by atoms with Crippen LogP contribution in [-0.4, -0.2) is 59.6 Å². The number of fused-ring (bicyclic) bond motifs is 1. The van der Waals surface area contributed by atoms with Gasteiger partial charge in [-0.3, -0.25) is 14.9 Å². The van der Waals surface area contributed by atoms with Crippen LogP contribution in [0.4, 0.5) is 0 Å². The molecule has 192 valence electrons. The number of nitrogens with one attached hydrogen (secondary N) is 2. The summed E-state index contributed by atoms with van der Waals surface area (Å²) in [5.74, 6) is 0.998. The van der Waals surface area contributed by atoms with Gasteiger partial charge in [0.25, 0.3) is 5.56 Å². The maximum absolute atomic E-state index is 12.7. The summed E-state index contributed by atoms with van der Waals surface area (Å²) < 4.78 is 18.6. The van der Waals surface area contributed by atoms with Gasteiger partial charge in [0, 0.05) is 43.4 Å². The Bertz CT molecular complexity index is 1270. The van der Waals surface area contributed by atoms with Crippen LogP contribution in [0.2, 0.25) is 0 Å². The number of H-pyrrole nitrogens is 1. The number of nitrogens with zero attached hydrogens (tertiary/aromatic N) is 2. The molecular formula is C27H34N4O5. The number of carbonyl (C=O) groups excluding carboxylic acids is 1. The van der Waals surface area contributed by atoms with E-state index < -0.39 is 6.04 Å². The molecule has 0 amide bonds. The van der Waals surface area contributed by atoms with Gasteiger partial charge in [-0.25, -0.2) is 4.98 Å². The van der Waals surface area contributed by atoms with Gasteiger partial charge in [0.15, 0.2) is 0 Å². The van der Waals surface area contributed by atoms with Crippen molar-refractivity contribution in [3.8, 4) is 11.4 Å². The molecule has 36 heavy (non-hydrogen) atoms. The standard InChI is InChI=1S/C27H34N4O5/c1-17-9-20(12-29-26(17)32)25-30-22-10-18(7-8-24(22)31(25)13-19-14-35-15-19)11-28-23(16-34-2)27(33)36-21-5-3-4-6-21/h7-10,12,19,21,23,28H,3-6,11,13-16H2,1-2H3,(H,29,32). The molecule has 1 atom stereocenters. The summed E-state index contributed by atoms with van der Waals surface area (Å²) >= 11 is 0. The second-order valence-electron chi connectivity index (χ2n) is 9.91. The minimum atomic E-state index is -0.526. The second kappa shape index (κ2) is 10.9. The van der Waals surface area contributed by atoms with Gasteiger partial charge >= 0.3 is 5.97 Å². The molecular weight excluding hydrogens is 460 g/mol. The van der Waals surface area contributed by atoms with Gasteiger partial charge in [0.1, 0.15) is 18.0 Å². The molecule has 0 spiro atoms. The molecule has 2 fully saturated rings. The molecule has 1 aromatic carbocycles. The number of aryl methyl sites for hydroxylation is 1. The Balaban J connectivity index is 1.37. The average molecular weight is 495 g/mol. The number of aromatic amines is 1. The zero-order chi connectivity index (χ0) is 25.1. The highest BCUT2D eigenvalue weighted by Gasteiger charge is 2.26. The zero-order valence-electron chi connectivity index (χ0n) is 20.9. The van der Waals surface area contributed by atoms with E-state index in [2.05, 4.69) is 27.0 Å². The van der Waals surface area contributed by atoms with Crippen molar-refractivity contribution >= 4 is 17.0 Å². The second-order valence-corrected chi connectivity index (χ2v) is 9.91. The van der Waals surface area contributed by atoms with E-state index in [0.29, 0.717) is 18.0 Å². The summed E-state index contributed by atoms with van der Waals surface area (Å²) in [6, 6.07) is 7.52. The molecule has 9 nitrogen and oxygen atoms in total. The molecule has 5 rings (SSSR count). The third-order valence-corrected chi connectivity index (χ3v) is 7.06. The van der Waals surface area contributed by atoms with Crippen molar-refractivity contribution in [2.45, 2.75) is 57.8 Å². The highest BCUT2D eigenvalue weighted by atomic mass is 16.5. The minimum Gasteiger partial charge on any atom is -0.461 e. The number of hydrogen-bond donors (Lipinski definition) is 2. The van der Waals surface area contributed by atoms with Crippen molar-refractivity contribution in [1.29, 1.82) is 0 Å². The van der Waals surface area contributed by atoms with Crippen LogP contribution in [0.25, 0.3) is 22.4 Å². The Morgan fingerprint density at radius 1 is 1.28 bits per heavy atom. The average Bonchev–Trinajstić information content (AvgIpc) is 3.48. The third kappa shape index (κ3) is 5.38. The van der Waals surface area contributed by atoms with Crippen LogP contribution in [0.1, 0.15) is 36.8 Å². The van der Waals surface area contributed by atoms with Crippen molar-refractivity contribution in [1.82, 2.24) is 19.9 Å². The smallest absolute Gasteiger partial charge is 0.325 e. The molecule has 2 aromatic heterocycles. The number of esters is 1. The van der Waals surface area contributed by atoms with E-state index in [4.69, 9.17) is 19.2 Å². The molecule has 1 saturated heterocycles. The number of methoxy groups -OCH3 is 1. The normalized spacial score (nSPS) is 17.4. The van der Waals surface area contributed by atoms with Gasteiger partial charge in [0.2, 0.25) is 0 Å². The Morgan fingerprint density at radius 3 is 2.78 bits per heavy atom. The van der Waals surface area contributed by atoms with E-state index >= 15 is 0 Å². The molecule has 1 unspecified atom stereocenters. The zero-order valence-corrected chi connectivity index (χ0v) is 20.9. The molecule has 9 heteroatoms. The Kier molecular flexibility index (Phi) is 7.50. The van der Waals surface area contributed by atoms with Crippen molar-refractivity contribution < 1.29 is 19.0 Å². The van der Waals surface area contributed by atoms with Gasteiger partial charge in [-0.2, -0.15) is 0 Å². The van der Waals surface area contributed by atoms with Gasteiger partial charge in [-0.05, 0) is 56.4 Å². The van der Waals surface area contributed by atoms with Gasteiger partial charge in [-0.15, -0.1) is 0 Å². The van der Waals surface area contributed by atoms with Crippen LogP contribution < -0.4 is 10.9 Å². The van der Waals surface area contributed by atoms with E-state index in [-0.39, 0.29) is 24.2 Å². The summed E-state index contributed by atoms with van der Waals surface area (Å²) in [7, 11) is 1.59. The molecule has 3 heterocycles. The summed E-state index contributed by atoms with van der Waals surface area (Å²) in [4.78, 5) is 32.4. The number of pyridine rings is 1. The van der Waals surface area contributed by atoms with E-state index in [0.717, 1.165) is 73.4 Å². The lowest BCUT2D eigenvalue weighted by molar-refractivity contribution is -0.152. The molecule has 2 N–H and O–H groups in total. The first kappa shape index (κ1) is 24.7. The number of aromatic nitrogens is 3. The predicted molar refractivity (Wildman–Crippen MR) is 136 cm³/mol. The lowest BCUT2D eigenvalue weighted by atomic mass is 10.1. The lowest BCUT2D eigenvalue weighted by Crippen LogP contribution is -2.42. The van der Waals surface area contributed by atoms with Crippen LogP contribution in [0.15, 0.2) is 35.3 Å². The quantitative estimate of drug-likeness (QED) is 0.417. The lowest BCUT2D eigenvalue weighted by Gasteiger charge is -2.27. The highest BCUT2D eigenvalue weighted by molar-refractivity contribution is 5.81. The van der Waals surface area contributed by atoms with Crippen molar-refractivity contribution in [3.63, 3.8) is 0 Å². The van der Waals surface area contributed by atoms with Crippen molar-refractivity contribution in [2.24, 2.45) is 5.92 Å². The summed E-state index contributed by atoms with van der Waals surface area (Å²) in [5.41, 5.74) is 4.33. The molecule has 2 aliphatic rings. The molecule has 1 aliphatic heterocycles. The predicted octanol–water partition coefficient (Wildman–Crippen LogP) is 2.94. The first-order valence-corrected chi connectivity index (χ1v) is 12.7. The number of imidazole rings is 1. The molecule has 3 aromatic rings. The van der Waals surface area contributed by atoms with Gasteiger partial charge in [-0.1, -0.05) is 6.07 Å². The number of ether oxygens (including phenoxy) is 3. The fraction of sp³-hybridized carbons (Fsp3) is 0.519. The fourth-order valence-corrected chi connectivity index (χ4v) is 4.94. The largest absolute Gasteiger partial charge is 0.461 e. The van der Waals surface area contributed by atoms with Crippen LogP contribution in [0.5, 0.6) is 0 Å². The van der Waals surface area contributed by atoms with E-state index in [1.165, 1.54) is 0 Å². The molecule has 1 saturated carbocycles. The summed E-state index contributed by atoms with van der Waals surface area (Å²) in [6.45, 7) is 4.81. The number of hydrogen-bond acceptors (Lipinski definition) is 7. The van der Waals surface area contributed by atoms with Crippen LogP contribution in [-0.2, 0) is 32.1 Å². The molecule has 0 radical (unpaired) electrons. The SMILES string of the molecule is COCC(NCc1ccc2c(c1)nc(-c1c[nH]c(=O)c(C)c1)n2CC1COC1)C(=O)OC1CCCC1. The first-order valence-electron chi connectivity index (χ1n) is 12.7. The third-order valence-electron chi connectivity index (χ3n) is 7.06. The van der Waals surface area contributed by atoms with Crippen LogP contribution in [0, 0.1) is 12.8 Å². The van der Waals surface area contributed by atoms with Crippen molar-refractivity contribution in [3.05, 3.63) is 51.9 Å². The molecule has 1 aliphatic carbocycles. The Labute approximate surface area is 210 Å². The van der Waals surface area contributed by atoms with Crippen LogP contribution >= 0.6 is 0 Å². The number of carbonyl (C=O) groups is 1. The maximum atomic E-state index is 12.7. The van der Waals surface area contributed by atoms with Crippen LogP contribution in [0.3, 0.4) is 0 Å². The number of benzene rings is 1. The van der Waals surface area contributed by atoms with E-state index in [9.17, 15) is 9.59 Å². The van der Waals surface area contributed by atoms with Gasteiger partial charge < -0.3 is 23.8 Å². The molecule has 0 bridgehead atoms. The summed E-state index contributed by atoms with van der Waals surface area (Å²) in [5, 5.41) is 3.30. The van der Waals surface area contributed by atoms with Crippen molar-refractivity contribution in [2.75, 3.05) is 26.9 Å². The fourth-order valence-electron chi connectivity index (χ4n) is 4.94. The first-order chi connectivity index (χ1) is 17.5. The number of rotatable bonds is 10. The Morgan fingerprint density at radius 2 is 2.08 bits per heavy atom. The minimum absolute atomic E-state index is 0.0232.